The summed E-state index contributed by atoms with van der Waals surface area (Å²) in [6, 6.07) is 22.5. The summed E-state index contributed by atoms with van der Waals surface area (Å²) >= 11 is 0. The number of carbonyl (C=O) groups is 1. The summed E-state index contributed by atoms with van der Waals surface area (Å²) in [5, 5.41) is 3.05. The molecule has 1 aliphatic rings. The van der Waals surface area contributed by atoms with E-state index in [4.69, 9.17) is 9.97 Å². The third-order valence-corrected chi connectivity index (χ3v) is 7.04. The third-order valence-electron chi connectivity index (χ3n) is 7.04. The van der Waals surface area contributed by atoms with Gasteiger partial charge in [-0.1, -0.05) is 49.4 Å². The highest BCUT2D eigenvalue weighted by Crippen LogP contribution is 2.34. The first-order chi connectivity index (χ1) is 19.2. The zero-order chi connectivity index (χ0) is 26.6. The lowest BCUT2D eigenvalue weighted by Gasteiger charge is -2.35. The predicted octanol–water partition coefficient (Wildman–Crippen LogP) is 5.43. The number of anilines is 3. The van der Waals surface area contributed by atoms with Crippen LogP contribution in [0.3, 0.4) is 0 Å². The van der Waals surface area contributed by atoms with E-state index in [1.54, 1.807) is 18.6 Å². The van der Waals surface area contributed by atoms with Crippen LogP contribution in [0.1, 0.15) is 13.3 Å². The van der Waals surface area contributed by atoms with E-state index in [0.717, 1.165) is 76.8 Å². The van der Waals surface area contributed by atoms with Gasteiger partial charge in [0.05, 0.1) is 23.4 Å². The zero-order valence-electron chi connectivity index (χ0n) is 21.8. The van der Waals surface area contributed by atoms with Gasteiger partial charge in [-0.05, 0) is 41.0 Å². The summed E-state index contributed by atoms with van der Waals surface area (Å²) in [6.45, 7) is 5.22. The molecule has 3 heterocycles. The number of piperazine rings is 1. The molecule has 1 fully saturated rings. The topological polar surface area (TPSA) is 87.1 Å². The highest BCUT2D eigenvalue weighted by atomic mass is 16.1. The van der Waals surface area contributed by atoms with Gasteiger partial charge in [-0.3, -0.25) is 14.8 Å². The number of hydrogen-bond acceptors (Lipinski definition) is 7. The van der Waals surface area contributed by atoms with Crippen molar-refractivity contribution in [2.45, 2.75) is 13.3 Å². The number of nitrogens with zero attached hydrogens (tertiary/aromatic N) is 6. The van der Waals surface area contributed by atoms with Gasteiger partial charge in [0.1, 0.15) is 11.6 Å². The Labute approximate surface area is 227 Å². The number of amides is 1. The van der Waals surface area contributed by atoms with Crippen molar-refractivity contribution in [3.63, 3.8) is 0 Å². The Morgan fingerprint density at radius 3 is 2.26 bits per heavy atom. The lowest BCUT2D eigenvalue weighted by atomic mass is 9.97. The molecular formula is C31H29N7O. The van der Waals surface area contributed by atoms with E-state index in [1.165, 1.54) is 0 Å². The normalized spacial score (nSPS) is 13.5. The Hall–Kier alpha value is -4.85. The van der Waals surface area contributed by atoms with Crippen LogP contribution in [-0.2, 0) is 4.79 Å². The van der Waals surface area contributed by atoms with Gasteiger partial charge in [-0.25, -0.2) is 9.97 Å². The van der Waals surface area contributed by atoms with Gasteiger partial charge in [0.25, 0.3) is 0 Å². The van der Waals surface area contributed by atoms with Crippen molar-refractivity contribution in [1.29, 1.82) is 0 Å². The summed E-state index contributed by atoms with van der Waals surface area (Å²) in [5.74, 6) is 1.77. The smallest absolute Gasteiger partial charge is 0.224 e. The molecule has 8 heteroatoms. The van der Waals surface area contributed by atoms with Crippen LogP contribution in [0.4, 0.5) is 17.3 Å². The van der Waals surface area contributed by atoms with Crippen LogP contribution in [-0.4, -0.2) is 52.0 Å². The first-order valence-corrected chi connectivity index (χ1v) is 13.2. The second-order valence-corrected chi connectivity index (χ2v) is 9.50. The Morgan fingerprint density at radius 1 is 0.769 bits per heavy atom. The molecular weight excluding hydrogens is 486 g/mol. The van der Waals surface area contributed by atoms with Crippen molar-refractivity contribution in [3.05, 3.63) is 91.5 Å². The number of benzene rings is 3. The molecule has 5 aromatic rings. The number of fused-ring (bicyclic) bond motifs is 1. The average Bonchev–Trinajstić information content (AvgIpc) is 3.01. The molecule has 0 saturated carbocycles. The lowest BCUT2D eigenvalue weighted by molar-refractivity contribution is -0.115. The lowest BCUT2D eigenvalue weighted by Crippen LogP contribution is -2.47. The Bertz CT molecular complexity index is 1600. The van der Waals surface area contributed by atoms with Crippen molar-refractivity contribution >= 4 is 34.3 Å². The molecule has 0 radical (unpaired) electrons. The van der Waals surface area contributed by atoms with Crippen LogP contribution in [0.25, 0.3) is 33.3 Å². The van der Waals surface area contributed by atoms with Crippen LogP contribution in [0.2, 0.25) is 0 Å². The monoisotopic (exact) mass is 515 g/mol. The van der Waals surface area contributed by atoms with Crippen molar-refractivity contribution in [2.75, 3.05) is 41.3 Å². The largest absolute Gasteiger partial charge is 0.352 e. The van der Waals surface area contributed by atoms with Gasteiger partial charge in [0, 0.05) is 56.2 Å². The van der Waals surface area contributed by atoms with Crippen LogP contribution in [0.15, 0.2) is 91.5 Å². The molecule has 0 spiro atoms. The number of hydrogen-bond donors (Lipinski definition) is 1. The van der Waals surface area contributed by atoms with Crippen LogP contribution >= 0.6 is 0 Å². The van der Waals surface area contributed by atoms with Gasteiger partial charge < -0.3 is 15.1 Å². The van der Waals surface area contributed by atoms with E-state index in [1.807, 2.05) is 49.5 Å². The maximum absolute atomic E-state index is 12.2. The number of aromatic nitrogens is 4. The van der Waals surface area contributed by atoms with Crippen molar-refractivity contribution in [3.8, 4) is 22.3 Å². The number of rotatable bonds is 6. The second-order valence-electron chi connectivity index (χ2n) is 9.50. The van der Waals surface area contributed by atoms with Gasteiger partial charge in [-0.2, -0.15) is 0 Å². The molecule has 0 aliphatic carbocycles. The molecule has 8 nitrogen and oxygen atoms in total. The minimum absolute atomic E-state index is 0.00836. The SMILES string of the molecule is CCC(=O)Nc1ccc(-c2ccc3ncc(N4CCN(c5cnccn5)CC4)nc3c2)cc1-c1ccccc1. The zero-order valence-corrected chi connectivity index (χ0v) is 21.8. The molecule has 39 heavy (non-hydrogen) atoms. The third kappa shape index (κ3) is 5.27. The van der Waals surface area contributed by atoms with E-state index in [0.29, 0.717) is 6.42 Å². The van der Waals surface area contributed by atoms with Gasteiger partial charge >= 0.3 is 0 Å². The molecule has 2 aromatic heterocycles. The highest BCUT2D eigenvalue weighted by Gasteiger charge is 2.20. The van der Waals surface area contributed by atoms with E-state index < -0.39 is 0 Å². The van der Waals surface area contributed by atoms with Crippen LogP contribution < -0.4 is 15.1 Å². The first-order valence-electron chi connectivity index (χ1n) is 13.2. The quantitative estimate of drug-likeness (QED) is 0.323. The summed E-state index contributed by atoms with van der Waals surface area (Å²) in [4.78, 5) is 35.0. The van der Waals surface area contributed by atoms with Crippen molar-refractivity contribution in [1.82, 2.24) is 19.9 Å². The molecule has 1 amide bonds. The minimum atomic E-state index is -0.00836. The van der Waals surface area contributed by atoms with E-state index in [9.17, 15) is 4.79 Å². The maximum atomic E-state index is 12.2. The molecule has 3 aromatic carbocycles. The molecule has 6 rings (SSSR count). The molecule has 0 unspecified atom stereocenters. The highest BCUT2D eigenvalue weighted by molar-refractivity contribution is 5.96. The standard InChI is InChI=1S/C31H29N7O/c1-2-31(39)36-26-10-8-23(18-25(26)22-6-4-3-5-7-22)24-9-11-27-28(19-24)35-30(21-34-27)38-16-14-37(15-17-38)29-20-32-12-13-33-29/h3-13,18-21H,2,14-17H2,1H3,(H,36,39). The summed E-state index contributed by atoms with van der Waals surface area (Å²) in [5.41, 5.74) is 6.65. The molecule has 1 N–H and O–H groups in total. The van der Waals surface area contributed by atoms with Crippen LogP contribution in [0.5, 0.6) is 0 Å². The van der Waals surface area contributed by atoms with E-state index in [-0.39, 0.29) is 5.91 Å². The molecule has 1 saturated heterocycles. The summed E-state index contributed by atoms with van der Waals surface area (Å²) in [6.07, 6.45) is 7.52. The Kier molecular flexibility index (Phi) is 6.82. The van der Waals surface area contributed by atoms with Crippen LogP contribution in [0, 0.1) is 0 Å². The Morgan fingerprint density at radius 2 is 1.51 bits per heavy atom. The van der Waals surface area contributed by atoms with E-state index in [2.05, 4.69) is 55.4 Å². The molecule has 194 valence electrons. The van der Waals surface area contributed by atoms with Gasteiger partial charge in [0.2, 0.25) is 5.91 Å². The maximum Gasteiger partial charge on any atom is 0.224 e. The van der Waals surface area contributed by atoms with E-state index >= 15 is 0 Å². The summed E-state index contributed by atoms with van der Waals surface area (Å²) in [7, 11) is 0. The fourth-order valence-corrected chi connectivity index (χ4v) is 4.88. The molecule has 0 atom stereocenters. The van der Waals surface area contributed by atoms with Crippen molar-refractivity contribution < 1.29 is 4.79 Å². The summed E-state index contributed by atoms with van der Waals surface area (Å²) < 4.78 is 0. The number of carbonyl (C=O) groups excluding carboxylic acids is 1. The Balaban J connectivity index is 1.28. The van der Waals surface area contributed by atoms with Gasteiger partial charge in [-0.15, -0.1) is 0 Å². The predicted molar refractivity (Wildman–Crippen MR) is 156 cm³/mol. The number of nitrogens with one attached hydrogen (secondary N) is 1. The fourth-order valence-electron chi connectivity index (χ4n) is 4.88. The second kappa shape index (κ2) is 10.9. The molecule has 0 bridgehead atoms. The first kappa shape index (κ1) is 24.5. The fraction of sp³-hybridized carbons (Fsp3) is 0.194. The minimum Gasteiger partial charge on any atom is -0.352 e. The van der Waals surface area contributed by atoms with Crippen molar-refractivity contribution in [2.24, 2.45) is 0 Å². The average molecular weight is 516 g/mol. The molecule has 1 aliphatic heterocycles. The van der Waals surface area contributed by atoms with Gasteiger partial charge in [0.15, 0.2) is 0 Å².